The summed E-state index contributed by atoms with van der Waals surface area (Å²) in [6, 6.07) is 13.6. The van der Waals surface area contributed by atoms with E-state index in [-0.39, 0.29) is 6.54 Å². The molecule has 0 aliphatic carbocycles. The fourth-order valence-corrected chi connectivity index (χ4v) is 3.00. The van der Waals surface area contributed by atoms with E-state index in [1.807, 2.05) is 30.3 Å². The highest BCUT2D eigenvalue weighted by molar-refractivity contribution is 6.15. The summed E-state index contributed by atoms with van der Waals surface area (Å²) >= 11 is 0. The molecule has 2 aromatic rings. The smallest absolute Gasteiger partial charge is 0.332 e. The average Bonchev–Trinajstić information content (AvgIpc) is 2.87. The van der Waals surface area contributed by atoms with Gasteiger partial charge in [0.1, 0.15) is 18.4 Å². The lowest BCUT2D eigenvalue weighted by Crippen LogP contribution is -2.42. The Kier molecular flexibility index (Phi) is 5.49. The molecule has 27 heavy (non-hydrogen) atoms. The van der Waals surface area contributed by atoms with Gasteiger partial charge in [-0.25, -0.2) is 9.18 Å². The summed E-state index contributed by atoms with van der Waals surface area (Å²) in [6.07, 6.45) is 0.659. The van der Waals surface area contributed by atoms with Crippen molar-refractivity contribution in [3.8, 4) is 0 Å². The second kappa shape index (κ2) is 7.99. The maximum absolute atomic E-state index is 13.1. The first kappa shape index (κ1) is 18.6. The molecule has 1 atom stereocenters. The Bertz CT molecular complexity index is 839. The molecule has 140 valence electrons. The Labute approximate surface area is 156 Å². The van der Waals surface area contributed by atoms with Crippen molar-refractivity contribution in [3.63, 3.8) is 0 Å². The molecular formula is C20H20FN3O3. The topological polar surface area (TPSA) is 69.7 Å². The summed E-state index contributed by atoms with van der Waals surface area (Å²) < 4.78 is 13.1. The highest BCUT2D eigenvalue weighted by atomic mass is 19.1. The van der Waals surface area contributed by atoms with Crippen LogP contribution in [0.2, 0.25) is 0 Å². The molecule has 1 aliphatic heterocycles. The molecular weight excluding hydrogens is 349 g/mol. The van der Waals surface area contributed by atoms with E-state index in [4.69, 9.17) is 0 Å². The average molecular weight is 369 g/mol. The summed E-state index contributed by atoms with van der Waals surface area (Å²) in [4.78, 5) is 39.3. The Morgan fingerprint density at radius 3 is 2.41 bits per heavy atom. The van der Waals surface area contributed by atoms with Gasteiger partial charge in [-0.05, 0) is 43.2 Å². The highest BCUT2D eigenvalue weighted by Crippen LogP contribution is 2.25. The largest absolute Gasteiger partial charge is 0.354 e. The van der Waals surface area contributed by atoms with Crippen LogP contribution in [0, 0.1) is 5.82 Å². The minimum absolute atomic E-state index is 0.339. The summed E-state index contributed by atoms with van der Waals surface area (Å²) in [6.45, 7) is 1.65. The van der Waals surface area contributed by atoms with Crippen molar-refractivity contribution in [2.24, 2.45) is 0 Å². The van der Waals surface area contributed by atoms with Crippen molar-refractivity contribution in [1.82, 2.24) is 10.2 Å². The van der Waals surface area contributed by atoms with Gasteiger partial charge in [0.05, 0.1) is 0 Å². The number of carbonyl (C=O) groups is 3. The number of nitrogens with one attached hydrogen (secondary N) is 1. The van der Waals surface area contributed by atoms with E-state index in [9.17, 15) is 18.8 Å². The molecule has 1 unspecified atom stereocenters. The van der Waals surface area contributed by atoms with Crippen LogP contribution < -0.4 is 10.2 Å². The van der Waals surface area contributed by atoms with Crippen LogP contribution >= 0.6 is 0 Å². The monoisotopic (exact) mass is 369 g/mol. The standard InChI is InChI=1S/C20H20FN3O3/c1-14-19(26)23(20(27)24(14)17-9-7-16(21)8-10-17)13-18(25)22-12-11-15-5-3-2-4-6-15/h2-10,14H,11-13H2,1H3,(H,22,25). The SMILES string of the molecule is CC1C(=O)N(CC(=O)NCCc2ccccc2)C(=O)N1c1ccc(F)cc1. The fraction of sp³-hybridized carbons (Fsp3) is 0.250. The number of amides is 4. The molecule has 7 heteroatoms. The van der Waals surface area contributed by atoms with Gasteiger partial charge in [-0.1, -0.05) is 30.3 Å². The molecule has 1 fully saturated rings. The number of nitrogens with zero attached hydrogens (tertiary/aromatic N) is 2. The molecule has 0 saturated carbocycles. The maximum atomic E-state index is 13.1. The molecule has 3 rings (SSSR count). The Hall–Kier alpha value is -3.22. The number of anilines is 1. The van der Waals surface area contributed by atoms with E-state index in [1.165, 1.54) is 29.2 Å². The molecule has 4 amide bonds. The first-order chi connectivity index (χ1) is 13.0. The second-order valence-electron chi connectivity index (χ2n) is 6.31. The van der Waals surface area contributed by atoms with Gasteiger partial charge in [0.25, 0.3) is 5.91 Å². The minimum atomic E-state index is -0.750. The van der Waals surface area contributed by atoms with Crippen LogP contribution in [0.4, 0.5) is 14.9 Å². The van der Waals surface area contributed by atoms with Crippen LogP contribution in [0.3, 0.4) is 0 Å². The summed E-state index contributed by atoms with van der Waals surface area (Å²) in [5.74, 6) is -1.29. The van der Waals surface area contributed by atoms with E-state index >= 15 is 0 Å². The van der Waals surface area contributed by atoms with E-state index in [0.717, 1.165) is 10.5 Å². The van der Waals surface area contributed by atoms with Gasteiger partial charge < -0.3 is 5.32 Å². The van der Waals surface area contributed by atoms with Crippen LogP contribution in [-0.4, -0.2) is 41.9 Å². The zero-order chi connectivity index (χ0) is 19.4. The number of urea groups is 1. The molecule has 1 N–H and O–H groups in total. The number of halogens is 1. The summed E-state index contributed by atoms with van der Waals surface area (Å²) in [5.41, 5.74) is 1.50. The molecule has 0 radical (unpaired) electrons. The number of rotatable bonds is 6. The third kappa shape index (κ3) is 4.13. The molecule has 6 nitrogen and oxygen atoms in total. The molecule has 0 aromatic heterocycles. The molecule has 0 bridgehead atoms. The second-order valence-corrected chi connectivity index (χ2v) is 6.31. The lowest BCUT2D eigenvalue weighted by molar-refractivity contribution is -0.131. The van der Waals surface area contributed by atoms with Gasteiger partial charge in [-0.15, -0.1) is 0 Å². The van der Waals surface area contributed by atoms with Gasteiger partial charge >= 0.3 is 6.03 Å². The van der Waals surface area contributed by atoms with Crippen molar-refractivity contribution < 1.29 is 18.8 Å². The van der Waals surface area contributed by atoms with Crippen LogP contribution in [-0.2, 0) is 16.0 Å². The minimum Gasteiger partial charge on any atom is -0.354 e. The fourth-order valence-electron chi connectivity index (χ4n) is 3.00. The molecule has 2 aromatic carbocycles. The highest BCUT2D eigenvalue weighted by Gasteiger charge is 2.43. The normalized spacial score (nSPS) is 16.7. The third-order valence-corrected chi connectivity index (χ3v) is 4.43. The van der Waals surface area contributed by atoms with Gasteiger partial charge in [-0.2, -0.15) is 0 Å². The summed E-state index contributed by atoms with van der Waals surface area (Å²) in [7, 11) is 0. The molecule has 0 spiro atoms. The van der Waals surface area contributed by atoms with E-state index in [2.05, 4.69) is 5.32 Å². The van der Waals surface area contributed by atoms with Crippen LogP contribution in [0.1, 0.15) is 12.5 Å². The number of imide groups is 1. The lowest BCUT2D eigenvalue weighted by atomic mass is 10.1. The Morgan fingerprint density at radius 1 is 1.07 bits per heavy atom. The van der Waals surface area contributed by atoms with Crippen LogP contribution in [0.15, 0.2) is 54.6 Å². The quantitative estimate of drug-likeness (QED) is 0.795. The zero-order valence-electron chi connectivity index (χ0n) is 14.9. The zero-order valence-corrected chi connectivity index (χ0v) is 14.9. The first-order valence-corrected chi connectivity index (χ1v) is 8.68. The third-order valence-electron chi connectivity index (χ3n) is 4.43. The maximum Gasteiger partial charge on any atom is 0.332 e. The van der Waals surface area contributed by atoms with Crippen molar-refractivity contribution >= 4 is 23.5 Å². The number of hydrogen-bond acceptors (Lipinski definition) is 3. The molecule has 1 saturated heterocycles. The van der Waals surface area contributed by atoms with Crippen molar-refractivity contribution in [2.45, 2.75) is 19.4 Å². The summed E-state index contributed by atoms with van der Waals surface area (Å²) in [5, 5.41) is 2.72. The van der Waals surface area contributed by atoms with Crippen molar-refractivity contribution in [2.75, 3.05) is 18.0 Å². The number of carbonyl (C=O) groups excluding carboxylic acids is 3. The van der Waals surface area contributed by atoms with Crippen molar-refractivity contribution in [1.29, 1.82) is 0 Å². The van der Waals surface area contributed by atoms with Gasteiger partial charge in [0.2, 0.25) is 5.91 Å². The van der Waals surface area contributed by atoms with Crippen LogP contribution in [0.25, 0.3) is 0 Å². The molecule has 1 heterocycles. The Morgan fingerprint density at radius 2 is 1.74 bits per heavy atom. The molecule has 1 aliphatic rings. The van der Waals surface area contributed by atoms with Gasteiger partial charge in [-0.3, -0.25) is 19.4 Å². The lowest BCUT2D eigenvalue weighted by Gasteiger charge is -2.19. The Balaban J connectivity index is 1.59. The van der Waals surface area contributed by atoms with E-state index < -0.39 is 29.7 Å². The predicted molar refractivity (Wildman–Crippen MR) is 98.6 cm³/mol. The van der Waals surface area contributed by atoms with E-state index in [1.54, 1.807) is 6.92 Å². The predicted octanol–water partition coefficient (Wildman–Crippen LogP) is 2.34. The van der Waals surface area contributed by atoms with Gasteiger partial charge in [0, 0.05) is 12.2 Å². The van der Waals surface area contributed by atoms with Gasteiger partial charge in [0.15, 0.2) is 0 Å². The first-order valence-electron chi connectivity index (χ1n) is 8.68. The number of hydrogen-bond donors (Lipinski definition) is 1. The number of benzene rings is 2. The van der Waals surface area contributed by atoms with E-state index in [0.29, 0.717) is 18.7 Å². The van der Waals surface area contributed by atoms with Crippen LogP contribution in [0.5, 0.6) is 0 Å². The van der Waals surface area contributed by atoms with Crippen molar-refractivity contribution in [3.05, 3.63) is 66.0 Å².